The highest BCUT2D eigenvalue weighted by Crippen LogP contribution is 2.36. The lowest BCUT2D eigenvalue weighted by molar-refractivity contribution is 0.0531. The van der Waals surface area contributed by atoms with Gasteiger partial charge >= 0.3 is 5.97 Å². The Morgan fingerprint density at radius 3 is 2.88 bits per heavy atom. The van der Waals surface area contributed by atoms with Gasteiger partial charge in [-0.2, -0.15) is 9.97 Å². The summed E-state index contributed by atoms with van der Waals surface area (Å²) in [6.45, 7) is 5.55. The second-order valence-corrected chi connectivity index (χ2v) is 9.63. The van der Waals surface area contributed by atoms with Gasteiger partial charge in [0, 0.05) is 37.1 Å². The smallest absolute Gasteiger partial charge is 0.350 e. The Bertz CT molecular complexity index is 1160. The molecule has 0 spiro atoms. The van der Waals surface area contributed by atoms with Crippen LogP contribution < -0.4 is 15.5 Å². The highest BCUT2D eigenvalue weighted by atomic mass is 32.1. The summed E-state index contributed by atoms with van der Waals surface area (Å²) in [6, 6.07) is 4.48. The number of carbonyl (C=O) groups is 1. The Morgan fingerprint density at radius 2 is 2.12 bits per heavy atom. The normalized spacial score (nSPS) is 15.4. The highest BCUT2D eigenvalue weighted by molar-refractivity contribution is 7.17. The topological polar surface area (TPSA) is 105 Å². The fourth-order valence-electron chi connectivity index (χ4n) is 4.55. The van der Waals surface area contributed by atoms with Gasteiger partial charge in [0.2, 0.25) is 5.95 Å². The number of aromatic nitrogens is 4. The number of hydrogen-bond donors (Lipinski definition) is 2. The molecule has 0 saturated heterocycles. The molecule has 1 aliphatic carbocycles. The zero-order valence-corrected chi connectivity index (χ0v) is 20.3. The van der Waals surface area contributed by atoms with Gasteiger partial charge in [-0.15, -0.1) is 0 Å². The third kappa shape index (κ3) is 4.82. The molecule has 178 valence electrons. The van der Waals surface area contributed by atoms with Crippen molar-refractivity contribution in [2.75, 3.05) is 28.7 Å². The van der Waals surface area contributed by atoms with E-state index in [1.807, 2.05) is 12.3 Å². The van der Waals surface area contributed by atoms with Crippen LogP contribution in [0.2, 0.25) is 0 Å². The van der Waals surface area contributed by atoms with Crippen molar-refractivity contribution in [3.63, 3.8) is 0 Å². The van der Waals surface area contributed by atoms with Crippen molar-refractivity contribution in [1.82, 2.24) is 19.9 Å². The molecule has 0 unspecified atom stereocenters. The van der Waals surface area contributed by atoms with Gasteiger partial charge in [0.05, 0.1) is 12.3 Å². The first kappa shape index (κ1) is 22.5. The summed E-state index contributed by atoms with van der Waals surface area (Å²) in [5.41, 5.74) is 2.93. The van der Waals surface area contributed by atoms with Gasteiger partial charge in [0.15, 0.2) is 5.13 Å². The van der Waals surface area contributed by atoms with E-state index in [4.69, 9.17) is 14.7 Å². The van der Waals surface area contributed by atoms with E-state index in [-0.39, 0.29) is 5.97 Å². The van der Waals surface area contributed by atoms with E-state index in [0.717, 1.165) is 55.1 Å². The van der Waals surface area contributed by atoms with Crippen LogP contribution >= 0.6 is 11.3 Å². The Morgan fingerprint density at radius 1 is 1.26 bits per heavy atom. The van der Waals surface area contributed by atoms with Crippen molar-refractivity contribution in [1.29, 1.82) is 0 Å². The summed E-state index contributed by atoms with van der Waals surface area (Å²) in [5.74, 6) is 1.95. The Balaban J connectivity index is 1.44. The number of anilines is 4. The van der Waals surface area contributed by atoms with Crippen molar-refractivity contribution in [3.8, 4) is 0 Å². The summed E-state index contributed by atoms with van der Waals surface area (Å²) in [6.07, 6.45) is 9.40. The first-order valence-electron chi connectivity index (χ1n) is 11.8. The van der Waals surface area contributed by atoms with Gasteiger partial charge in [-0.1, -0.05) is 30.2 Å². The number of pyridine rings is 1. The summed E-state index contributed by atoms with van der Waals surface area (Å²) in [4.78, 5) is 33.5. The second kappa shape index (κ2) is 9.92. The van der Waals surface area contributed by atoms with Crippen molar-refractivity contribution in [2.45, 2.75) is 58.5 Å². The predicted octanol–water partition coefficient (Wildman–Crippen LogP) is 4.47. The molecule has 0 atom stereocenters. The van der Waals surface area contributed by atoms with Crippen LogP contribution in [0.5, 0.6) is 0 Å². The zero-order valence-electron chi connectivity index (χ0n) is 19.5. The molecule has 9 nitrogen and oxygen atoms in total. The highest BCUT2D eigenvalue weighted by Gasteiger charge is 2.28. The standard InChI is InChI=1S/C24H29N7O2S/c1-3-33-22(32)19-15(2)26-24(34-19)30-23-28-20(27-17-8-4-5-9-17)18-10-12-31(21(18)29-23)14-16-7-6-11-25-13-16/h6-7,11,13,17H,3-5,8-10,12,14H2,1-2H3,(H2,26,27,28,29,30). The van der Waals surface area contributed by atoms with Crippen LogP contribution in [0.4, 0.5) is 22.7 Å². The van der Waals surface area contributed by atoms with Crippen LogP contribution in [-0.2, 0) is 17.7 Å². The maximum absolute atomic E-state index is 12.2. The molecule has 3 aromatic heterocycles. The molecule has 10 heteroatoms. The monoisotopic (exact) mass is 479 g/mol. The quantitative estimate of drug-likeness (QED) is 0.453. The number of aryl methyl sites for hydroxylation is 1. The number of nitrogens with zero attached hydrogens (tertiary/aromatic N) is 5. The number of esters is 1. The number of carbonyl (C=O) groups excluding carboxylic acids is 1. The van der Waals surface area contributed by atoms with E-state index in [2.05, 4.69) is 31.6 Å². The average molecular weight is 480 g/mol. The summed E-state index contributed by atoms with van der Waals surface area (Å²) in [7, 11) is 0. The molecule has 0 radical (unpaired) electrons. The van der Waals surface area contributed by atoms with Gasteiger partial charge in [0.1, 0.15) is 16.5 Å². The first-order chi connectivity index (χ1) is 16.6. The molecule has 4 heterocycles. The largest absolute Gasteiger partial charge is 0.462 e. The van der Waals surface area contributed by atoms with E-state index in [9.17, 15) is 4.79 Å². The number of ether oxygens (including phenoxy) is 1. The first-order valence-corrected chi connectivity index (χ1v) is 12.6. The fraction of sp³-hybridized carbons (Fsp3) is 0.458. The average Bonchev–Trinajstić information content (AvgIpc) is 3.56. The number of nitrogens with one attached hydrogen (secondary N) is 2. The maximum Gasteiger partial charge on any atom is 0.350 e. The maximum atomic E-state index is 12.2. The SMILES string of the molecule is CCOC(=O)c1sc(Nc2nc(NC3CCCC3)c3c(n2)N(Cc2cccnc2)CC3)nc1C. The third-order valence-corrected chi connectivity index (χ3v) is 7.24. The third-order valence-electron chi connectivity index (χ3n) is 6.18. The Kier molecular flexibility index (Phi) is 6.57. The van der Waals surface area contributed by atoms with Crippen LogP contribution in [0.25, 0.3) is 0 Å². The molecule has 3 aromatic rings. The molecule has 1 aliphatic heterocycles. The molecular weight excluding hydrogens is 450 g/mol. The molecule has 0 aromatic carbocycles. The lowest BCUT2D eigenvalue weighted by Crippen LogP contribution is -2.21. The van der Waals surface area contributed by atoms with Crippen molar-refractivity contribution >= 4 is 40.0 Å². The minimum atomic E-state index is -0.355. The van der Waals surface area contributed by atoms with Gasteiger partial charge < -0.3 is 15.0 Å². The minimum Gasteiger partial charge on any atom is -0.462 e. The molecular formula is C24H29N7O2S. The lowest BCUT2D eigenvalue weighted by Gasteiger charge is -2.20. The molecule has 2 N–H and O–H groups in total. The van der Waals surface area contributed by atoms with E-state index in [1.54, 1.807) is 20.0 Å². The zero-order chi connectivity index (χ0) is 23.5. The van der Waals surface area contributed by atoms with E-state index >= 15 is 0 Å². The Labute approximate surface area is 203 Å². The number of hydrogen-bond acceptors (Lipinski definition) is 10. The predicted molar refractivity (Wildman–Crippen MR) is 133 cm³/mol. The number of fused-ring (bicyclic) bond motifs is 1. The van der Waals surface area contributed by atoms with E-state index < -0.39 is 0 Å². The van der Waals surface area contributed by atoms with Crippen LogP contribution in [0.15, 0.2) is 24.5 Å². The minimum absolute atomic E-state index is 0.329. The number of thiazole rings is 1. The van der Waals surface area contributed by atoms with E-state index in [0.29, 0.717) is 34.3 Å². The van der Waals surface area contributed by atoms with Crippen molar-refractivity contribution in [3.05, 3.63) is 46.2 Å². The van der Waals surface area contributed by atoms with Gasteiger partial charge in [0.25, 0.3) is 0 Å². The molecule has 0 amide bonds. The van der Waals surface area contributed by atoms with Crippen LogP contribution in [0, 0.1) is 6.92 Å². The van der Waals surface area contributed by atoms with Crippen LogP contribution in [-0.4, -0.2) is 45.1 Å². The van der Waals surface area contributed by atoms with Crippen LogP contribution in [0.3, 0.4) is 0 Å². The molecule has 34 heavy (non-hydrogen) atoms. The molecule has 2 aliphatic rings. The summed E-state index contributed by atoms with van der Waals surface area (Å²) >= 11 is 1.26. The fourth-order valence-corrected chi connectivity index (χ4v) is 5.41. The molecule has 1 saturated carbocycles. The molecule has 1 fully saturated rings. The number of rotatable bonds is 8. The van der Waals surface area contributed by atoms with Gasteiger partial charge in [-0.3, -0.25) is 10.3 Å². The van der Waals surface area contributed by atoms with Gasteiger partial charge in [-0.25, -0.2) is 9.78 Å². The Hall–Kier alpha value is -3.27. The van der Waals surface area contributed by atoms with Crippen molar-refractivity contribution in [2.24, 2.45) is 0 Å². The van der Waals surface area contributed by atoms with Crippen LogP contribution in [0.1, 0.15) is 59.1 Å². The molecule has 5 rings (SSSR count). The van der Waals surface area contributed by atoms with Crippen molar-refractivity contribution < 1.29 is 9.53 Å². The van der Waals surface area contributed by atoms with E-state index in [1.165, 1.54) is 24.2 Å². The molecule has 0 bridgehead atoms. The summed E-state index contributed by atoms with van der Waals surface area (Å²) in [5, 5.41) is 7.50. The lowest BCUT2D eigenvalue weighted by atomic mass is 10.2. The van der Waals surface area contributed by atoms with Gasteiger partial charge in [-0.05, 0) is 44.7 Å². The second-order valence-electron chi connectivity index (χ2n) is 8.64. The summed E-state index contributed by atoms with van der Waals surface area (Å²) < 4.78 is 5.15.